The Bertz CT molecular complexity index is 2310. The van der Waals surface area contributed by atoms with Gasteiger partial charge in [-0.05, 0) is 82.2 Å². The zero-order valence-electron chi connectivity index (χ0n) is 31.4. The van der Waals surface area contributed by atoms with Crippen molar-refractivity contribution in [3.05, 3.63) is 182 Å². The molecule has 8 rings (SSSR count). The molecule has 0 fully saturated rings. The summed E-state index contributed by atoms with van der Waals surface area (Å²) in [6, 6.07) is 59.5. The van der Waals surface area contributed by atoms with Crippen molar-refractivity contribution in [1.29, 1.82) is 0 Å². The first-order chi connectivity index (χ1) is 27.8. The molecule has 8 aromatic carbocycles. The van der Waals surface area contributed by atoms with Crippen LogP contribution in [-0.4, -0.2) is 27.2 Å². The minimum atomic E-state index is -0.0272. The summed E-state index contributed by atoms with van der Waals surface area (Å²) >= 11 is 0. The van der Waals surface area contributed by atoms with Gasteiger partial charge in [-0.25, -0.2) is 0 Å². The van der Waals surface area contributed by atoms with E-state index in [0.717, 1.165) is 32.7 Å². The fourth-order valence-electron chi connectivity index (χ4n) is 6.11. The Morgan fingerprint density at radius 1 is 0.293 bits per heavy atom. The minimum absolute atomic E-state index is 0. The van der Waals surface area contributed by atoms with Gasteiger partial charge in [0.05, 0.1) is 0 Å². The topological polar surface area (TPSA) is 73.8 Å². The molecule has 0 atom stereocenters. The molecule has 284 valence electrons. The summed E-state index contributed by atoms with van der Waals surface area (Å²) in [5, 5.41) is 4.14. The molecule has 0 unspecified atom stereocenters. The Morgan fingerprint density at radius 3 is 0.931 bits per heavy atom. The summed E-state index contributed by atoms with van der Waals surface area (Å²) < 4.78 is 47.6. The number of benzene rings is 8. The van der Waals surface area contributed by atoms with Crippen molar-refractivity contribution in [2.45, 2.75) is 0 Å². The molecule has 0 N–H and O–H groups in total. The average Bonchev–Trinajstić information content (AvgIpc) is 3.25. The summed E-state index contributed by atoms with van der Waals surface area (Å²) in [4.78, 5) is 0. The van der Waals surface area contributed by atoms with Gasteiger partial charge in [0.2, 0.25) is 27.2 Å². The normalized spacial score (nSPS) is 10.4. The predicted molar refractivity (Wildman–Crippen MR) is 215 cm³/mol. The second kappa shape index (κ2) is 21.6. The van der Waals surface area contributed by atoms with E-state index in [2.05, 4.69) is 36.4 Å². The first-order valence-corrected chi connectivity index (χ1v) is 18.0. The van der Waals surface area contributed by atoms with Crippen LogP contribution in [0.5, 0.6) is 46.0 Å². The van der Waals surface area contributed by atoms with Crippen LogP contribution in [0.4, 0.5) is 0 Å². The molecular weight excluding hydrogens is 882 g/mol. The summed E-state index contributed by atoms with van der Waals surface area (Å²) in [6.45, 7) is 0.108. The van der Waals surface area contributed by atoms with Gasteiger partial charge in [-0.2, -0.15) is 36.4 Å². The smallest absolute Gasteiger partial charge is 0.230 e. The molecule has 0 saturated carbocycles. The van der Waals surface area contributed by atoms with Gasteiger partial charge < -0.3 is 37.9 Å². The summed E-state index contributed by atoms with van der Waals surface area (Å²) in [5.74, 6) is 5.28. The monoisotopic (exact) mass is 918 g/mol. The van der Waals surface area contributed by atoms with Crippen LogP contribution in [0.2, 0.25) is 0 Å². The largest absolute Gasteiger partial charge is 0.483 e. The van der Waals surface area contributed by atoms with Crippen molar-refractivity contribution in [1.82, 2.24) is 0 Å². The van der Waals surface area contributed by atoms with Crippen molar-refractivity contribution in [3.8, 4) is 57.1 Å². The first kappa shape index (κ1) is 42.5. The molecule has 0 aliphatic heterocycles. The number of hydrogen-bond acceptors (Lipinski definition) is 8. The third kappa shape index (κ3) is 11.1. The van der Waals surface area contributed by atoms with Crippen LogP contribution >= 0.6 is 0 Å². The van der Waals surface area contributed by atoms with Crippen molar-refractivity contribution >= 4 is 21.5 Å². The minimum Gasteiger partial charge on any atom is -0.483 e. The molecule has 0 aromatic heterocycles. The first-order valence-electron chi connectivity index (χ1n) is 18.0. The van der Waals surface area contributed by atoms with Crippen LogP contribution in [0.1, 0.15) is 0 Å². The Labute approximate surface area is 387 Å². The van der Waals surface area contributed by atoms with Crippen molar-refractivity contribution < 1.29 is 103 Å². The maximum Gasteiger partial charge on any atom is 0.230 e. The van der Waals surface area contributed by atoms with E-state index in [0.29, 0.717) is 46.0 Å². The average molecular weight is 919 g/mol. The van der Waals surface area contributed by atoms with E-state index in [1.54, 1.807) is 24.3 Å². The van der Waals surface area contributed by atoms with E-state index in [1.165, 1.54) is 0 Å². The fraction of sp³-hybridized carbons (Fsp3) is 0.0833. The van der Waals surface area contributed by atoms with E-state index in [9.17, 15) is 0 Å². The van der Waals surface area contributed by atoms with Crippen molar-refractivity contribution in [2.75, 3.05) is 27.2 Å². The van der Waals surface area contributed by atoms with Crippen LogP contribution in [0, 0.1) is 12.1 Å². The van der Waals surface area contributed by atoms with Crippen LogP contribution in [0.25, 0.3) is 32.7 Å². The van der Waals surface area contributed by atoms with Gasteiger partial charge in [-0.1, -0.05) is 60.7 Å². The second-order valence-corrected chi connectivity index (χ2v) is 12.4. The molecule has 0 heterocycles. The van der Waals surface area contributed by atoms with Gasteiger partial charge in [0, 0.05) is 88.0 Å². The van der Waals surface area contributed by atoms with E-state index in [4.69, 9.17) is 37.9 Å². The van der Waals surface area contributed by atoms with Crippen molar-refractivity contribution in [2.24, 2.45) is 0 Å². The molecule has 0 bridgehead atoms. The van der Waals surface area contributed by atoms with Crippen LogP contribution in [-0.2, 0) is 65.4 Å². The molecule has 0 amide bonds. The molecule has 0 aliphatic carbocycles. The van der Waals surface area contributed by atoms with Crippen LogP contribution in [0.15, 0.2) is 170 Å². The quantitative estimate of drug-likeness (QED) is 0.0661. The number of fused-ring (bicyclic) bond motifs is 2. The van der Waals surface area contributed by atoms with E-state index in [-0.39, 0.29) is 92.6 Å². The van der Waals surface area contributed by atoms with E-state index >= 15 is 0 Å². The Hall–Kier alpha value is -5.11. The van der Waals surface area contributed by atoms with Gasteiger partial charge in [0.25, 0.3) is 0 Å². The van der Waals surface area contributed by atoms with Gasteiger partial charge in [0.15, 0.2) is 0 Å². The zero-order chi connectivity index (χ0) is 37.8. The zero-order valence-corrected chi connectivity index (χ0v) is 37.1. The molecule has 8 nitrogen and oxygen atoms in total. The third-order valence-electron chi connectivity index (χ3n) is 8.84. The third-order valence-corrected chi connectivity index (χ3v) is 8.84. The maximum atomic E-state index is 6.40. The molecule has 58 heavy (non-hydrogen) atoms. The molecule has 0 saturated heterocycles. The SMILES string of the molecule is [Y].[Y].[c-]1ccc(OCOc2ccc(OCOc3ccc4ccccc4c3-c3c(OCOc4ccc(OCOc5cc[c-]cc5)cc4)ccc4ccccc34)cc2)cc1. The van der Waals surface area contributed by atoms with E-state index < -0.39 is 0 Å². The second-order valence-electron chi connectivity index (χ2n) is 12.4. The summed E-state index contributed by atoms with van der Waals surface area (Å²) in [6.07, 6.45) is 0. The Kier molecular flexibility index (Phi) is 15.8. The molecule has 0 spiro atoms. The summed E-state index contributed by atoms with van der Waals surface area (Å²) in [7, 11) is 0. The van der Waals surface area contributed by atoms with Gasteiger partial charge >= 0.3 is 0 Å². The Balaban J connectivity index is 0.00000283. The van der Waals surface area contributed by atoms with Crippen LogP contribution in [0.3, 0.4) is 0 Å². The molecule has 2 radical (unpaired) electrons. The van der Waals surface area contributed by atoms with Crippen molar-refractivity contribution in [3.63, 3.8) is 0 Å². The number of ether oxygens (including phenoxy) is 8. The van der Waals surface area contributed by atoms with Gasteiger partial charge in [-0.15, -0.1) is 24.3 Å². The number of hydrogen-bond donors (Lipinski definition) is 0. The molecule has 0 aliphatic rings. The van der Waals surface area contributed by atoms with E-state index in [1.807, 2.05) is 121 Å². The van der Waals surface area contributed by atoms with Crippen LogP contribution < -0.4 is 37.9 Å². The molecule has 10 heteroatoms. The predicted octanol–water partition coefficient (Wildman–Crippen LogP) is 10.9. The maximum absolute atomic E-state index is 6.40. The number of rotatable bonds is 17. The standard InChI is InChI=1S/C48H36O8.2Y/c1-3-13-37(14-4-1)49-31-51-39-21-25-41(26-22-39)53-33-55-45-29-19-35-11-7-9-17-43(35)47(45)48-44-18-10-8-12-36(44)20-30-46(48)56-34-54-42-27-23-40(24-28-42)52-32-50-38-15-5-2-6-16-38;;/h3-30H,31-34H2;;/q-2;;. The van der Waals surface area contributed by atoms with Gasteiger partial charge in [0.1, 0.15) is 34.5 Å². The Morgan fingerprint density at radius 2 is 0.586 bits per heavy atom. The van der Waals surface area contributed by atoms with Gasteiger partial charge in [-0.3, -0.25) is 0 Å². The summed E-state index contributed by atoms with van der Waals surface area (Å²) in [5.41, 5.74) is 1.77. The molecule has 8 aromatic rings. The fourth-order valence-corrected chi connectivity index (χ4v) is 6.11. The molecular formula is C48H36O8Y2-2.